The number of aryl methyl sites for hydroxylation is 2. The fourth-order valence-corrected chi connectivity index (χ4v) is 3.54. The number of fused-ring (bicyclic) bond motifs is 3. The topological polar surface area (TPSA) is 86.1 Å². The maximum absolute atomic E-state index is 6.41. The maximum atomic E-state index is 6.41. The Bertz CT molecular complexity index is 1110. The number of nitrogens with zero attached hydrogens (tertiary/aromatic N) is 3. The Kier molecular flexibility index (Phi) is 4.05. The number of hydrogen-bond acceptors (Lipinski definition) is 6. The van der Waals surface area contributed by atoms with Gasteiger partial charge in [-0.3, -0.25) is 0 Å². The number of aromatic amines is 1. The Morgan fingerprint density at radius 3 is 2.65 bits per heavy atom. The van der Waals surface area contributed by atoms with E-state index in [0.29, 0.717) is 29.0 Å². The summed E-state index contributed by atoms with van der Waals surface area (Å²) in [6.07, 6.45) is 0. The molecule has 3 aromatic heterocycles. The zero-order chi connectivity index (χ0) is 18.4. The second kappa shape index (κ2) is 6.26. The number of H-pyrrole nitrogens is 1. The molecule has 0 aliphatic rings. The first-order valence-corrected chi connectivity index (χ1v) is 8.39. The van der Waals surface area contributed by atoms with Crippen LogP contribution >= 0.6 is 11.6 Å². The van der Waals surface area contributed by atoms with Gasteiger partial charge in [-0.05, 0) is 26.0 Å². The smallest absolute Gasteiger partial charge is 0.158 e. The molecule has 0 radical (unpaired) electrons. The predicted molar refractivity (Wildman–Crippen MR) is 98.6 cm³/mol. The molecule has 3 heterocycles. The zero-order valence-corrected chi connectivity index (χ0v) is 15.6. The fraction of sp³-hybridized carbons (Fsp3) is 0.278. The fourth-order valence-electron chi connectivity index (χ4n) is 3.25. The summed E-state index contributed by atoms with van der Waals surface area (Å²) in [4.78, 5) is 12.1. The van der Waals surface area contributed by atoms with Gasteiger partial charge in [0.1, 0.15) is 28.9 Å². The van der Waals surface area contributed by atoms with Gasteiger partial charge in [0.2, 0.25) is 0 Å². The molecule has 4 aromatic rings. The Hall–Kier alpha value is -2.64. The van der Waals surface area contributed by atoms with E-state index in [0.717, 1.165) is 38.9 Å². The highest BCUT2D eigenvalue weighted by molar-refractivity contribution is 6.36. The van der Waals surface area contributed by atoms with Crippen molar-refractivity contribution in [3.05, 3.63) is 34.6 Å². The largest absolute Gasteiger partial charge is 0.496 e. The summed E-state index contributed by atoms with van der Waals surface area (Å²) < 4.78 is 16.0. The van der Waals surface area contributed by atoms with E-state index in [1.54, 1.807) is 14.2 Å². The first kappa shape index (κ1) is 16.8. The molecule has 0 aliphatic heterocycles. The number of ether oxygens (including phenoxy) is 2. The molecule has 26 heavy (non-hydrogen) atoms. The molecule has 134 valence electrons. The second-order valence-electron chi connectivity index (χ2n) is 6.01. The third-order valence-electron chi connectivity index (χ3n) is 4.35. The van der Waals surface area contributed by atoms with Crippen LogP contribution < -0.4 is 4.74 Å². The summed E-state index contributed by atoms with van der Waals surface area (Å²) in [7, 11) is 3.22. The third-order valence-corrected chi connectivity index (χ3v) is 4.62. The summed E-state index contributed by atoms with van der Waals surface area (Å²) in [5.41, 5.74) is 4.15. The number of benzene rings is 1. The van der Waals surface area contributed by atoms with E-state index >= 15 is 0 Å². The molecule has 4 rings (SSSR count). The number of rotatable bonds is 4. The lowest BCUT2D eigenvalue weighted by Crippen LogP contribution is -1.97. The maximum Gasteiger partial charge on any atom is 0.158 e. The first-order valence-electron chi connectivity index (χ1n) is 8.01. The number of halogens is 1. The Morgan fingerprint density at radius 2 is 2.00 bits per heavy atom. The number of hydrogen-bond donors (Lipinski definition) is 1. The average Bonchev–Trinajstić information content (AvgIpc) is 3.13. The van der Waals surface area contributed by atoms with Crippen LogP contribution in [0.4, 0.5) is 0 Å². The molecule has 0 unspecified atom stereocenters. The molecule has 0 spiro atoms. The SMILES string of the molecule is COCc1nc(Cl)c2c(n1)[nH]c1cc(-c3c(C)noc3C)c(OC)cc12. The van der Waals surface area contributed by atoms with Crippen LogP contribution in [-0.4, -0.2) is 34.3 Å². The molecule has 0 bridgehead atoms. The molecule has 0 amide bonds. The van der Waals surface area contributed by atoms with Crippen LogP contribution in [0, 0.1) is 13.8 Å². The summed E-state index contributed by atoms with van der Waals surface area (Å²) >= 11 is 6.41. The van der Waals surface area contributed by atoms with E-state index in [-0.39, 0.29) is 0 Å². The van der Waals surface area contributed by atoms with Gasteiger partial charge in [-0.15, -0.1) is 0 Å². The van der Waals surface area contributed by atoms with Crippen molar-refractivity contribution < 1.29 is 14.0 Å². The highest BCUT2D eigenvalue weighted by atomic mass is 35.5. The lowest BCUT2D eigenvalue weighted by molar-refractivity contribution is 0.178. The van der Waals surface area contributed by atoms with Gasteiger partial charge < -0.3 is 19.0 Å². The number of nitrogens with one attached hydrogen (secondary N) is 1. The Labute approximate surface area is 154 Å². The minimum Gasteiger partial charge on any atom is -0.496 e. The summed E-state index contributed by atoms with van der Waals surface area (Å²) in [6.45, 7) is 4.07. The van der Waals surface area contributed by atoms with Gasteiger partial charge in [-0.2, -0.15) is 0 Å². The quantitative estimate of drug-likeness (QED) is 0.540. The Morgan fingerprint density at radius 1 is 1.19 bits per heavy atom. The van der Waals surface area contributed by atoms with E-state index in [2.05, 4.69) is 20.1 Å². The zero-order valence-electron chi connectivity index (χ0n) is 14.8. The monoisotopic (exact) mass is 372 g/mol. The summed E-state index contributed by atoms with van der Waals surface area (Å²) in [6, 6.07) is 3.93. The van der Waals surface area contributed by atoms with Gasteiger partial charge in [0.05, 0.1) is 23.8 Å². The standard InChI is InChI=1S/C18H17ClN4O3/c1-8-15(9(2)26-23-8)11-5-12-10(6-13(11)25-4)16-17(19)21-14(7-24-3)22-18(16)20-12/h5-6H,7H2,1-4H3,(H,20,21,22). The van der Waals surface area contributed by atoms with Crippen LogP contribution in [0.1, 0.15) is 17.3 Å². The van der Waals surface area contributed by atoms with Gasteiger partial charge in [0.15, 0.2) is 5.82 Å². The average molecular weight is 373 g/mol. The first-order chi connectivity index (χ1) is 12.5. The van der Waals surface area contributed by atoms with E-state index in [1.807, 2.05) is 26.0 Å². The molecule has 0 aliphatic carbocycles. The Balaban J connectivity index is 2.02. The molecule has 1 N–H and O–H groups in total. The van der Waals surface area contributed by atoms with Gasteiger partial charge in [0.25, 0.3) is 0 Å². The lowest BCUT2D eigenvalue weighted by atomic mass is 10.0. The number of aromatic nitrogens is 4. The molecule has 0 fully saturated rings. The van der Waals surface area contributed by atoms with Crippen molar-refractivity contribution in [2.75, 3.05) is 14.2 Å². The van der Waals surface area contributed by atoms with Gasteiger partial charge in [0, 0.05) is 23.6 Å². The van der Waals surface area contributed by atoms with E-state index < -0.39 is 0 Å². The molecule has 8 heteroatoms. The van der Waals surface area contributed by atoms with Crippen molar-refractivity contribution >= 4 is 33.5 Å². The summed E-state index contributed by atoms with van der Waals surface area (Å²) in [5, 5.41) is 6.06. The van der Waals surface area contributed by atoms with Crippen molar-refractivity contribution in [2.45, 2.75) is 20.5 Å². The van der Waals surface area contributed by atoms with Gasteiger partial charge >= 0.3 is 0 Å². The van der Waals surface area contributed by atoms with Crippen LogP contribution in [0.25, 0.3) is 33.1 Å². The third kappa shape index (κ3) is 2.51. The van der Waals surface area contributed by atoms with Crippen molar-refractivity contribution in [2.24, 2.45) is 0 Å². The highest BCUT2D eigenvalue weighted by Crippen LogP contribution is 2.40. The lowest BCUT2D eigenvalue weighted by Gasteiger charge is -2.09. The van der Waals surface area contributed by atoms with Crippen LogP contribution in [0.5, 0.6) is 5.75 Å². The summed E-state index contributed by atoms with van der Waals surface area (Å²) in [5.74, 6) is 1.95. The predicted octanol–water partition coefficient (Wildman–Crippen LogP) is 4.19. The molecular weight excluding hydrogens is 356 g/mol. The minimum absolute atomic E-state index is 0.290. The highest BCUT2D eigenvalue weighted by Gasteiger charge is 2.20. The minimum atomic E-state index is 0.290. The van der Waals surface area contributed by atoms with Crippen molar-refractivity contribution in [1.82, 2.24) is 20.1 Å². The van der Waals surface area contributed by atoms with Crippen molar-refractivity contribution in [3.8, 4) is 16.9 Å². The number of methoxy groups -OCH3 is 2. The second-order valence-corrected chi connectivity index (χ2v) is 6.37. The molecule has 1 aromatic carbocycles. The van der Waals surface area contributed by atoms with E-state index in [4.69, 9.17) is 25.6 Å². The van der Waals surface area contributed by atoms with Crippen LogP contribution in [0.3, 0.4) is 0 Å². The van der Waals surface area contributed by atoms with E-state index in [9.17, 15) is 0 Å². The molecule has 0 atom stereocenters. The molecule has 7 nitrogen and oxygen atoms in total. The molecule has 0 saturated carbocycles. The van der Waals surface area contributed by atoms with Crippen molar-refractivity contribution in [3.63, 3.8) is 0 Å². The van der Waals surface area contributed by atoms with E-state index in [1.165, 1.54) is 0 Å². The van der Waals surface area contributed by atoms with Crippen molar-refractivity contribution in [1.29, 1.82) is 0 Å². The van der Waals surface area contributed by atoms with Crippen LogP contribution in [0.2, 0.25) is 5.15 Å². The van der Waals surface area contributed by atoms with Gasteiger partial charge in [-0.1, -0.05) is 16.8 Å². The van der Waals surface area contributed by atoms with Gasteiger partial charge in [-0.25, -0.2) is 9.97 Å². The normalized spacial score (nSPS) is 11.6. The molecular formula is C18H17ClN4O3. The van der Waals surface area contributed by atoms with Crippen LogP contribution in [-0.2, 0) is 11.3 Å². The molecule has 0 saturated heterocycles. The van der Waals surface area contributed by atoms with Crippen LogP contribution in [0.15, 0.2) is 16.7 Å².